The maximum absolute atomic E-state index is 3.94. The molecule has 0 N–H and O–H groups in total. The van der Waals surface area contributed by atoms with Crippen molar-refractivity contribution in [2.24, 2.45) is 0 Å². The first kappa shape index (κ1) is 14.7. The molecule has 0 amide bonds. The van der Waals surface area contributed by atoms with Gasteiger partial charge in [0.1, 0.15) is 0 Å². The van der Waals surface area contributed by atoms with E-state index in [9.17, 15) is 0 Å². The summed E-state index contributed by atoms with van der Waals surface area (Å²) in [5.74, 6) is 0. The van der Waals surface area contributed by atoms with Crippen LogP contribution in [0.1, 0.15) is 47.0 Å². The van der Waals surface area contributed by atoms with Crippen molar-refractivity contribution in [3.63, 3.8) is 0 Å². The van der Waals surface area contributed by atoms with Crippen molar-refractivity contribution in [1.82, 2.24) is 0 Å². The zero-order chi connectivity index (χ0) is 10.7. The molecule has 0 aromatic carbocycles. The first-order chi connectivity index (χ1) is 6.34. The normalized spacial score (nSPS) is 16.9. The third kappa shape index (κ3) is 6.39. The van der Waals surface area contributed by atoms with Gasteiger partial charge < -0.3 is 0 Å². The molecule has 1 aliphatic rings. The van der Waals surface area contributed by atoms with E-state index in [-0.39, 0.29) is 0 Å². The molecule has 1 rings (SSSR count). The Bertz CT molecular complexity index is 161. The Balaban J connectivity index is 0. The Morgan fingerprint density at radius 2 is 1.62 bits per heavy atom. The molecule has 76 valence electrons. The molecule has 1 fully saturated rings. The molecule has 0 radical (unpaired) electrons. The second kappa shape index (κ2) is 11.2. The van der Waals surface area contributed by atoms with Gasteiger partial charge >= 0.3 is 0 Å². The van der Waals surface area contributed by atoms with E-state index in [1.54, 1.807) is 0 Å². The van der Waals surface area contributed by atoms with Crippen molar-refractivity contribution in [3.05, 3.63) is 36.5 Å². The van der Waals surface area contributed by atoms with E-state index in [0.29, 0.717) is 0 Å². The van der Waals surface area contributed by atoms with Crippen molar-refractivity contribution in [2.75, 3.05) is 0 Å². The van der Waals surface area contributed by atoms with Gasteiger partial charge in [0.05, 0.1) is 0 Å². The number of hydrogen-bond acceptors (Lipinski definition) is 0. The Morgan fingerprint density at radius 3 is 1.92 bits per heavy atom. The van der Waals surface area contributed by atoms with Gasteiger partial charge in [-0.25, -0.2) is 0 Å². The Labute approximate surface area is 84.1 Å². The van der Waals surface area contributed by atoms with E-state index >= 15 is 0 Å². The first-order valence-corrected chi connectivity index (χ1v) is 5.34. The summed E-state index contributed by atoms with van der Waals surface area (Å²) in [6, 6.07) is 0. The fourth-order valence-electron chi connectivity index (χ4n) is 1.17. The van der Waals surface area contributed by atoms with Crippen LogP contribution in [0.4, 0.5) is 0 Å². The van der Waals surface area contributed by atoms with Crippen LogP contribution in [0.5, 0.6) is 0 Å². The average Bonchev–Trinajstić information content (AvgIpc) is 2.60. The molecule has 0 nitrogen and oxygen atoms in total. The van der Waals surface area contributed by atoms with E-state index < -0.39 is 0 Å². The lowest BCUT2D eigenvalue weighted by Crippen LogP contribution is -1.72. The minimum atomic E-state index is 1.18. The lowest BCUT2D eigenvalue weighted by atomic mass is 10.1. The van der Waals surface area contributed by atoms with E-state index in [1.807, 2.05) is 33.8 Å². The van der Waals surface area contributed by atoms with Gasteiger partial charge in [-0.05, 0) is 24.8 Å². The third-order valence-corrected chi connectivity index (χ3v) is 1.70. The van der Waals surface area contributed by atoms with Gasteiger partial charge in [-0.15, -0.1) is 0 Å². The van der Waals surface area contributed by atoms with Gasteiger partial charge in [-0.1, -0.05) is 58.6 Å². The van der Waals surface area contributed by atoms with Crippen LogP contribution in [0.15, 0.2) is 36.5 Å². The van der Waals surface area contributed by atoms with Gasteiger partial charge in [0.25, 0.3) is 0 Å². The molecule has 0 atom stereocenters. The number of rotatable bonds is 1. The van der Waals surface area contributed by atoms with Gasteiger partial charge in [0.2, 0.25) is 0 Å². The molecule has 0 bridgehead atoms. The molecular formula is C13H24. The fraction of sp³-hybridized carbons (Fsp3) is 0.538. The summed E-state index contributed by atoms with van der Waals surface area (Å²) >= 11 is 0. The van der Waals surface area contributed by atoms with E-state index in [0.717, 1.165) is 0 Å². The molecule has 0 aliphatic heterocycles. The quantitative estimate of drug-likeness (QED) is 0.539. The highest BCUT2D eigenvalue weighted by Gasteiger charge is 2.08. The van der Waals surface area contributed by atoms with Crippen molar-refractivity contribution in [3.8, 4) is 0 Å². The zero-order valence-corrected chi connectivity index (χ0v) is 9.69. The highest BCUT2D eigenvalue weighted by atomic mass is 14.1. The van der Waals surface area contributed by atoms with Crippen LogP contribution in [0.3, 0.4) is 0 Å². The number of hydrogen-bond donors (Lipinski definition) is 0. The summed E-state index contributed by atoms with van der Waals surface area (Å²) in [6.07, 6.45) is 7.56. The molecule has 0 heterocycles. The summed E-state index contributed by atoms with van der Waals surface area (Å²) < 4.78 is 0. The monoisotopic (exact) mass is 180 g/mol. The summed E-state index contributed by atoms with van der Waals surface area (Å²) in [5, 5.41) is 0. The van der Waals surface area contributed by atoms with E-state index in [4.69, 9.17) is 0 Å². The maximum Gasteiger partial charge on any atom is -0.0273 e. The SMILES string of the molecule is C=C/C=C1/CCCC1=C.CC.CC. The van der Waals surface area contributed by atoms with Crippen molar-refractivity contribution >= 4 is 0 Å². The topological polar surface area (TPSA) is 0 Å². The maximum atomic E-state index is 3.94. The fourth-order valence-corrected chi connectivity index (χ4v) is 1.17. The predicted molar refractivity (Wildman–Crippen MR) is 64.0 cm³/mol. The molecule has 0 heteroatoms. The molecule has 1 aliphatic carbocycles. The highest BCUT2D eigenvalue weighted by molar-refractivity contribution is 5.34. The van der Waals surface area contributed by atoms with Crippen LogP contribution in [0.25, 0.3) is 0 Å². The lowest BCUT2D eigenvalue weighted by molar-refractivity contribution is 0.933. The second-order valence-electron chi connectivity index (χ2n) is 2.38. The van der Waals surface area contributed by atoms with Gasteiger partial charge in [-0.3, -0.25) is 0 Å². The average molecular weight is 180 g/mol. The summed E-state index contributed by atoms with van der Waals surface area (Å²) in [6.45, 7) is 15.6. The van der Waals surface area contributed by atoms with Crippen LogP contribution in [-0.4, -0.2) is 0 Å². The van der Waals surface area contributed by atoms with Crippen LogP contribution >= 0.6 is 0 Å². The second-order valence-corrected chi connectivity index (χ2v) is 2.38. The van der Waals surface area contributed by atoms with Gasteiger partial charge in [-0.2, -0.15) is 0 Å². The molecule has 0 unspecified atom stereocenters. The molecular weight excluding hydrogens is 156 g/mol. The van der Waals surface area contributed by atoms with E-state index in [1.165, 1.54) is 30.4 Å². The molecule has 0 aromatic rings. The molecule has 1 saturated carbocycles. The predicted octanol–water partition coefficient (Wildman–Crippen LogP) is 4.89. The largest absolute Gasteiger partial charge is 0.0991 e. The van der Waals surface area contributed by atoms with Crippen molar-refractivity contribution in [1.29, 1.82) is 0 Å². The lowest BCUT2D eigenvalue weighted by Gasteiger charge is -1.92. The van der Waals surface area contributed by atoms with Gasteiger partial charge in [0, 0.05) is 0 Å². The third-order valence-electron chi connectivity index (χ3n) is 1.70. The van der Waals surface area contributed by atoms with Crippen LogP contribution in [0, 0.1) is 0 Å². The van der Waals surface area contributed by atoms with Crippen molar-refractivity contribution < 1.29 is 0 Å². The molecule has 0 aromatic heterocycles. The van der Waals surface area contributed by atoms with Crippen molar-refractivity contribution in [2.45, 2.75) is 47.0 Å². The zero-order valence-electron chi connectivity index (χ0n) is 9.69. The van der Waals surface area contributed by atoms with Crippen LogP contribution in [0.2, 0.25) is 0 Å². The Hall–Kier alpha value is -0.780. The molecule has 0 saturated heterocycles. The van der Waals surface area contributed by atoms with Crippen LogP contribution in [-0.2, 0) is 0 Å². The summed E-state index contributed by atoms with van der Waals surface area (Å²) in [5.41, 5.74) is 2.69. The smallest absolute Gasteiger partial charge is 0.0273 e. The van der Waals surface area contributed by atoms with E-state index in [2.05, 4.69) is 19.2 Å². The minimum absolute atomic E-state index is 1.18. The van der Waals surface area contributed by atoms with Gasteiger partial charge in [0.15, 0.2) is 0 Å². The molecule has 0 spiro atoms. The number of allylic oxidation sites excluding steroid dienone is 4. The first-order valence-electron chi connectivity index (χ1n) is 5.34. The molecule has 13 heavy (non-hydrogen) atoms. The Morgan fingerprint density at radius 1 is 1.08 bits per heavy atom. The minimum Gasteiger partial charge on any atom is -0.0991 e. The summed E-state index contributed by atoms with van der Waals surface area (Å²) in [4.78, 5) is 0. The van der Waals surface area contributed by atoms with Crippen LogP contribution < -0.4 is 0 Å². The standard InChI is InChI=1S/C9H12.2C2H6/c1-3-5-9-7-4-6-8(9)2;2*1-2/h3,5H,1-2,4,6-7H2;2*1-2H3/b9-5-;;. The summed E-state index contributed by atoms with van der Waals surface area (Å²) in [7, 11) is 0. The highest BCUT2D eigenvalue weighted by Crippen LogP contribution is 2.28. The Kier molecular flexibility index (Phi) is 12.7.